The van der Waals surface area contributed by atoms with Gasteiger partial charge in [-0.05, 0) is 17.8 Å². The van der Waals surface area contributed by atoms with Gasteiger partial charge in [-0.15, -0.1) is 0 Å². The van der Waals surface area contributed by atoms with Crippen molar-refractivity contribution in [1.82, 2.24) is 24.6 Å². The first-order valence-electron chi connectivity index (χ1n) is 9.44. The van der Waals surface area contributed by atoms with Crippen LogP contribution in [0.3, 0.4) is 0 Å². The van der Waals surface area contributed by atoms with Crippen molar-refractivity contribution >= 4 is 35.8 Å². The molecule has 2 amide bonds. The van der Waals surface area contributed by atoms with E-state index in [1.165, 1.54) is 0 Å². The van der Waals surface area contributed by atoms with Gasteiger partial charge in [0.25, 0.3) is 0 Å². The van der Waals surface area contributed by atoms with Gasteiger partial charge < -0.3 is 9.80 Å². The normalized spacial score (nSPS) is 20.0. The van der Waals surface area contributed by atoms with Gasteiger partial charge in [0.15, 0.2) is 4.77 Å². The van der Waals surface area contributed by atoms with E-state index in [-0.39, 0.29) is 24.3 Å². The summed E-state index contributed by atoms with van der Waals surface area (Å²) in [4.78, 5) is 28.9. The van der Waals surface area contributed by atoms with Crippen LogP contribution in [0.5, 0.6) is 0 Å². The van der Waals surface area contributed by atoms with Gasteiger partial charge in [-0.3, -0.25) is 19.3 Å². The van der Waals surface area contributed by atoms with Crippen molar-refractivity contribution in [1.29, 1.82) is 0 Å². The van der Waals surface area contributed by atoms with E-state index in [0.717, 1.165) is 30.2 Å². The fourth-order valence-corrected chi connectivity index (χ4v) is 4.85. The highest BCUT2D eigenvalue weighted by Gasteiger charge is 2.34. The maximum absolute atomic E-state index is 12.7. The molecule has 1 unspecified atom stereocenters. The number of likely N-dealkylation sites (tertiary alicyclic amines) is 1. The topological polar surface area (TPSA) is 74.2 Å². The highest BCUT2D eigenvalue weighted by Crippen LogP contribution is 2.28. The van der Waals surface area contributed by atoms with Crippen molar-refractivity contribution in [2.24, 2.45) is 0 Å². The van der Waals surface area contributed by atoms with E-state index in [1.807, 2.05) is 51.9 Å². The Balaban J connectivity index is 1.47. The molecule has 1 N–H and O–H groups in total. The molecule has 28 heavy (non-hydrogen) atoms. The number of thioether (sulfide) groups is 1. The van der Waals surface area contributed by atoms with Gasteiger partial charge in [0.1, 0.15) is 12.4 Å². The number of nitrogens with one attached hydrogen (secondary N) is 1. The molecule has 9 heteroatoms. The van der Waals surface area contributed by atoms with E-state index < -0.39 is 0 Å². The van der Waals surface area contributed by atoms with Crippen LogP contribution in [-0.2, 0) is 22.7 Å². The zero-order valence-electron chi connectivity index (χ0n) is 15.5. The van der Waals surface area contributed by atoms with Gasteiger partial charge in [0.2, 0.25) is 11.8 Å². The van der Waals surface area contributed by atoms with E-state index in [4.69, 9.17) is 12.2 Å². The van der Waals surface area contributed by atoms with E-state index in [1.54, 1.807) is 4.57 Å². The molecule has 0 saturated carbocycles. The van der Waals surface area contributed by atoms with E-state index >= 15 is 0 Å². The summed E-state index contributed by atoms with van der Waals surface area (Å²) >= 11 is 7.23. The Morgan fingerprint density at radius 3 is 2.75 bits per heavy atom. The number of aromatic nitrogens is 3. The van der Waals surface area contributed by atoms with Crippen LogP contribution >= 0.6 is 24.0 Å². The molecule has 0 spiro atoms. The van der Waals surface area contributed by atoms with Crippen LogP contribution in [0.2, 0.25) is 0 Å². The second kappa shape index (κ2) is 8.48. The summed E-state index contributed by atoms with van der Waals surface area (Å²) in [6, 6.07) is 9.96. The van der Waals surface area contributed by atoms with Crippen molar-refractivity contribution < 1.29 is 9.59 Å². The number of aromatic amines is 1. The molecule has 2 aromatic rings. The summed E-state index contributed by atoms with van der Waals surface area (Å²) in [7, 11) is 0. The first-order valence-corrected chi connectivity index (χ1v) is 11.0. The molecule has 0 aliphatic carbocycles. The Kier molecular flexibility index (Phi) is 5.82. The quantitative estimate of drug-likeness (QED) is 0.754. The summed E-state index contributed by atoms with van der Waals surface area (Å²) in [6.07, 6.45) is 0.390. The number of benzene rings is 1. The average Bonchev–Trinajstić information content (AvgIpc) is 3.26. The van der Waals surface area contributed by atoms with Gasteiger partial charge in [-0.25, -0.2) is 0 Å². The van der Waals surface area contributed by atoms with Crippen LogP contribution < -0.4 is 0 Å². The SMILES string of the molecule is O=C(Cn1c(C2CC(=O)N(Cc3ccccc3)C2)n[nH]c1=S)N1CCSCC1. The van der Waals surface area contributed by atoms with Crippen molar-refractivity contribution in [2.75, 3.05) is 31.1 Å². The maximum atomic E-state index is 12.7. The third-order valence-corrected chi connectivity index (χ3v) is 6.50. The van der Waals surface area contributed by atoms with Crippen LogP contribution in [0.25, 0.3) is 0 Å². The predicted octanol–water partition coefficient (Wildman–Crippen LogP) is 2.03. The predicted molar refractivity (Wildman–Crippen MR) is 111 cm³/mol. The fourth-order valence-electron chi connectivity index (χ4n) is 3.74. The monoisotopic (exact) mass is 417 g/mol. The second-order valence-corrected chi connectivity index (χ2v) is 8.74. The number of nitrogens with zero attached hydrogens (tertiary/aromatic N) is 4. The smallest absolute Gasteiger partial charge is 0.242 e. The minimum absolute atomic E-state index is 0.0597. The Labute approximate surface area is 173 Å². The lowest BCUT2D eigenvalue weighted by Gasteiger charge is -2.26. The minimum Gasteiger partial charge on any atom is -0.339 e. The maximum Gasteiger partial charge on any atom is 0.242 e. The van der Waals surface area contributed by atoms with Gasteiger partial charge in [-0.1, -0.05) is 30.3 Å². The highest BCUT2D eigenvalue weighted by molar-refractivity contribution is 7.99. The van der Waals surface area contributed by atoms with Gasteiger partial charge >= 0.3 is 0 Å². The standard InChI is InChI=1S/C19H23N5O2S2/c25-16-10-15(12-23(16)11-14-4-2-1-3-5-14)18-20-21-19(27)24(18)13-17(26)22-6-8-28-9-7-22/h1-5,15H,6-13H2,(H,21,27). The highest BCUT2D eigenvalue weighted by atomic mass is 32.2. The van der Waals surface area contributed by atoms with Crippen molar-refractivity contribution in [3.8, 4) is 0 Å². The molecule has 2 aliphatic heterocycles. The van der Waals surface area contributed by atoms with Crippen molar-refractivity contribution in [3.63, 3.8) is 0 Å². The number of hydrogen-bond donors (Lipinski definition) is 1. The van der Waals surface area contributed by atoms with E-state index in [9.17, 15) is 9.59 Å². The average molecular weight is 418 g/mol. The number of hydrogen-bond acceptors (Lipinski definition) is 5. The third kappa shape index (κ3) is 4.15. The molecule has 148 valence electrons. The summed E-state index contributed by atoms with van der Waals surface area (Å²) < 4.78 is 2.20. The van der Waals surface area contributed by atoms with Gasteiger partial charge in [-0.2, -0.15) is 16.9 Å². The van der Waals surface area contributed by atoms with Crippen LogP contribution in [0.1, 0.15) is 23.7 Å². The number of amides is 2. The molecule has 1 atom stereocenters. The molecular weight excluding hydrogens is 394 g/mol. The Morgan fingerprint density at radius 2 is 2.00 bits per heavy atom. The lowest BCUT2D eigenvalue weighted by atomic mass is 10.1. The Hall–Kier alpha value is -2.13. The molecule has 0 radical (unpaired) electrons. The second-order valence-electron chi connectivity index (χ2n) is 7.13. The fraction of sp³-hybridized carbons (Fsp3) is 0.474. The largest absolute Gasteiger partial charge is 0.339 e. The summed E-state index contributed by atoms with van der Waals surface area (Å²) in [5.74, 6) is 2.75. The zero-order valence-corrected chi connectivity index (χ0v) is 17.2. The molecular formula is C19H23N5O2S2. The van der Waals surface area contributed by atoms with Crippen LogP contribution in [0, 0.1) is 4.77 Å². The third-order valence-electron chi connectivity index (χ3n) is 5.24. The van der Waals surface area contributed by atoms with Crippen molar-refractivity contribution in [3.05, 3.63) is 46.5 Å². The van der Waals surface area contributed by atoms with E-state index in [2.05, 4.69) is 10.2 Å². The lowest BCUT2D eigenvalue weighted by Crippen LogP contribution is -2.40. The molecule has 0 bridgehead atoms. The number of rotatable bonds is 5. The molecule has 1 aromatic heterocycles. The Morgan fingerprint density at radius 1 is 1.25 bits per heavy atom. The summed E-state index contributed by atoms with van der Waals surface area (Å²) in [6.45, 7) is 2.90. The van der Waals surface area contributed by atoms with Gasteiger partial charge in [0.05, 0.1) is 0 Å². The van der Waals surface area contributed by atoms with Crippen molar-refractivity contribution in [2.45, 2.75) is 25.4 Å². The molecule has 3 heterocycles. The first-order chi connectivity index (χ1) is 13.6. The Bertz CT molecular complexity index is 905. The number of carbonyl (C=O) groups excluding carboxylic acids is 2. The zero-order chi connectivity index (χ0) is 19.5. The molecule has 2 saturated heterocycles. The van der Waals surface area contributed by atoms with Crippen LogP contribution in [0.4, 0.5) is 0 Å². The molecule has 7 nitrogen and oxygen atoms in total. The summed E-state index contributed by atoms with van der Waals surface area (Å²) in [5, 5.41) is 7.18. The first kappa shape index (κ1) is 19.2. The number of carbonyl (C=O) groups is 2. The van der Waals surface area contributed by atoms with E-state index in [0.29, 0.717) is 30.1 Å². The molecule has 4 rings (SSSR count). The number of H-pyrrole nitrogens is 1. The molecule has 2 aliphatic rings. The molecule has 1 aromatic carbocycles. The van der Waals surface area contributed by atoms with Crippen LogP contribution in [0.15, 0.2) is 30.3 Å². The lowest BCUT2D eigenvalue weighted by molar-refractivity contribution is -0.131. The minimum atomic E-state index is -0.0612. The summed E-state index contributed by atoms with van der Waals surface area (Å²) in [5.41, 5.74) is 1.11. The molecule has 2 fully saturated rings. The van der Waals surface area contributed by atoms with Gasteiger partial charge in [0, 0.05) is 50.0 Å². The van der Waals surface area contributed by atoms with Crippen LogP contribution in [-0.4, -0.2) is 67.5 Å².